The molecular formula is C13H10BrN2O3S-. The lowest BCUT2D eigenvalue weighted by atomic mass is 10.3. The normalized spacial score (nSPS) is 10.3. The Balaban J connectivity index is 2.03. The van der Waals surface area contributed by atoms with Crippen LogP contribution < -0.4 is 10.4 Å². The fourth-order valence-electron chi connectivity index (χ4n) is 1.59. The first-order valence-corrected chi connectivity index (χ1v) is 7.29. The van der Waals surface area contributed by atoms with Gasteiger partial charge in [0.1, 0.15) is 5.01 Å². The first-order chi connectivity index (χ1) is 9.45. The van der Waals surface area contributed by atoms with E-state index in [2.05, 4.69) is 26.2 Å². The number of halogens is 1. The topological polar surface area (TPSA) is 82.1 Å². The van der Waals surface area contributed by atoms with Gasteiger partial charge in [0.25, 0.3) is 0 Å². The molecule has 0 aliphatic carbocycles. The molecule has 0 bridgehead atoms. The Kier molecular flexibility index (Phi) is 4.51. The molecule has 0 atom stereocenters. The van der Waals surface area contributed by atoms with Crippen molar-refractivity contribution in [1.82, 2.24) is 4.98 Å². The number of aromatic carboxylic acids is 1. The van der Waals surface area contributed by atoms with Gasteiger partial charge in [0.05, 0.1) is 23.0 Å². The number of rotatable bonds is 4. The molecule has 2 aromatic rings. The average molecular weight is 354 g/mol. The van der Waals surface area contributed by atoms with Gasteiger partial charge < -0.3 is 15.2 Å². The van der Waals surface area contributed by atoms with Gasteiger partial charge >= 0.3 is 0 Å². The number of nitrogens with one attached hydrogen (secondary N) is 1. The number of nitrogens with zero attached hydrogens (tertiary/aromatic N) is 1. The maximum Gasteiger partial charge on any atom is 0.231 e. The summed E-state index contributed by atoms with van der Waals surface area (Å²) in [5.74, 6) is -1.51. The average Bonchev–Trinajstić information content (AvgIpc) is 2.73. The van der Waals surface area contributed by atoms with E-state index < -0.39 is 5.97 Å². The first kappa shape index (κ1) is 14.7. The van der Waals surface area contributed by atoms with Crippen LogP contribution >= 0.6 is 27.3 Å². The quantitative estimate of drug-likeness (QED) is 0.907. The van der Waals surface area contributed by atoms with Crippen LogP contribution in [-0.2, 0) is 11.2 Å². The monoisotopic (exact) mass is 353 g/mol. The molecule has 20 heavy (non-hydrogen) atoms. The summed E-state index contributed by atoms with van der Waals surface area (Å²) in [5.41, 5.74) is 1.05. The third kappa shape index (κ3) is 3.64. The highest BCUT2D eigenvalue weighted by molar-refractivity contribution is 9.10. The minimum absolute atomic E-state index is 0.0366. The van der Waals surface area contributed by atoms with Crippen molar-refractivity contribution in [2.45, 2.75) is 13.3 Å². The predicted molar refractivity (Wildman–Crippen MR) is 77.7 cm³/mol. The maximum absolute atomic E-state index is 11.8. The van der Waals surface area contributed by atoms with E-state index >= 15 is 0 Å². The molecule has 1 heterocycles. The summed E-state index contributed by atoms with van der Waals surface area (Å²) in [6, 6.07) is 7.16. The zero-order valence-electron chi connectivity index (χ0n) is 10.5. The number of aryl methyl sites for hydroxylation is 1. The molecule has 0 saturated heterocycles. The van der Waals surface area contributed by atoms with Crippen molar-refractivity contribution in [2.24, 2.45) is 0 Å². The number of carbonyl (C=O) groups excluding carboxylic acids is 2. The summed E-state index contributed by atoms with van der Waals surface area (Å²) in [5, 5.41) is 14.0. The number of hydrogen-bond donors (Lipinski definition) is 1. The lowest BCUT2D eigenvalue weighted by Crippen LogP contribution is -2.21. The predicted octanol–water partition coefficient (Wildman–Crippen LogP) is 1.76. The Hall–Kier alpha value is -1.73. The number of carbonyl (C=O) groups is 2. The summed E-state index contributed by atoms with van der Waals surface area (Å²) >= 11 is 4.27. The molecule has 0 spiro atoms. The van der Waals surface area contributed by atoms with Gasteiger partial charge in [0.15, 0.2) is 0 Å². The lowest BCUT2D eigenvalue weighted by molar-refractivity contribution is -0.254. The second-order valence-electron chi connectivity index (χ2n) is 4.04. The molecule has 2 rings (SSSR count). The summed E-state index contributed by atoms with van der Waals surface area (Å²) < 4.78 is 0.921. The Morgan fingerprint density at radius 2 is 2.00 bits per heavy atom. The van der Waals surface area contributed by atoms with Crippen LogP contribution in [0.3, 0.4) is 0 Å². The summed E-state index contributed by atoms with van der Waals surface area (Å²) in [6.07, 6.45) is 0.0366. The van der Waals surface area contributed by atoms with E-state index in [4.69, 9.17) is 0 Å². The number of thiazole rings is 1. The number of carboxylic acid groups (broad SMARTS) is 1. The standard InChI is InChI=1S/C13H11BrN2O3S/c1-7-12(13(18)19)20-11(15-7)6-10(17)16-9-4-2-8(14)3-5-9/h2-5H,6H2,1H3,(H,16,17)(H,18,19)/p-1. The van der Waals surface area contributed by atoms with E-state index in [9.17, 15) is 14.7 Å². The molecule has 1 aromatic carbocycles. The third-order valence-corrected chi connectivity index (χ3v) is 4.13. The molecule has 7 heteroatoms. The van der Waals surface area contributed by atoms with Crippen molar-refractivity contribution in [3.8, 4) is 0 Å². The van der Waals surface area contributed by atoms with E-state index in [1.54, 1.807) is 19.1 Å². The van der Waals surface area contributed by atoms with Gasteiger partial charge in [-0.15, -0.1) is 11.3 Å². The molecule has 1 aromatic heterocycles. The Labute approximate surface area is 127 Å². The van der Waals surface area contributed by atoms with Crippen LogP contribution in [0.1, 0.15) is 20.4 Å². The van der Waals surface area contributed by atoms with Gasteiger partial charge in [-0.1, -0.05) is 15.9 Å². The number of benzene rings is 1. The van der Waals surface area contributed by atoms with Crippen molar-refractivity contribution in [3.05, 3.63) is 44.3 Å². The Bertz CT molecular complexity index is 652. The highest BCUT2D eigenvalue weighted by atomic mass is 79.9. The van der Waals surface area contributed by atoms with Gasteiger partial charge in [0.2, 0.25) is 5.91 Å². The van der Waals surface area contributed by atoms with E-state index in [0.717, 1.165) is 15.8 Å². The largest absolute Gasteiger partial charge is 0.544 e. The fraction of sp³-hybridized carbons (Fsp3) is 0.154. The lowest BCUT2D eigenvalue weighted by Gasteiger charge is -2.03. The van der Waals surface area contributed by atoms with Crippen LogP contribution in [0, 0.1) is 6.92 Å². The smallest absolute Gasteiger partial charge is 0.231 e. The SMILES string of the molecule is Cc1nc(CC(=O)Nc2ccc(Br)cc2)sc1C(=O)[O-]. The minimum atomic E-state index is -1.26. The summed E-state index contributed by atoms with van der Waals surface area (Å²) in [7, 11) is 0. The van der Waals surface area contributed by atoms with Crippen LogP contribution in [0.25, 0.3) is 0 Å². The van der Waals surface area contributed by atoms with Crippen LogP contribution in [0.15, 0.2) is 28.7 Å². The fourth-order valence-corrected chi connectivity index (χ4v) is 2.76. The molecule has 104 valence electrons. The highest BCUT2D eigenvalue weighted by Crippen LogP contribution is 2.19. The van der Waals surface area contributed by atoms with E-state index in [0.29, 0.717) is 16.4 Å². The van der Waals surface area contributed by atoms with E-state index in [-0.39, 0.29) is 17.2 Å². The van der Waals surface area contributed by atoms with Crippen LogP contribution in [0.5, 0.6) is 0 Å². The van der Waals surface area contributed by atoms with Gasteiger partial charge in [-0.05, 0) is 31.2 Å². The van der Waals surface area contributed by atoms with E-state index in [1.165, 1.54) is 0 Å². The van der Waals surface area contributed by atoms with Gasteiger partial charge in [-0.3, -0.25) is 4.79 Å². The summed E-state index contributed by atoms with van der Waals surface area (Å²) in [4.78, 5) is 26.8. The number of hydrogen-bond acceptors (Lipinski definition) is 5. The zero-order valence-corrected chi connectivity index (χ0v) is 12.9. The number of anilines is 1. The molecule has 0 aliphatic heterocycles. The number of amides is 1. The summed E-state index contributed by atoms with van der Waals surface area (Å²) in [6.45, 7) is 1.58. The Morgan fingerprint density at radius 3 is 2.55 bits per heavy atom. The van der Waals surface area contributed by atoms with Crippen LogP contribution in [-0.4, -0.2) is 16.9 Å². The van der Waals surface area contributed by atoms with E-state index in [1.807, 2.05) is 12.1 Å². The van der Waals surface area contributed by atoms with Crippen molar-refractivity contribution in [2.75, 3.05) is 5.32 Å². The second kappa shape index (κ2) is 6.15. The van der Waals surface area contributed by atoms with Crippen LogP contribution in [0.4, 0.5) is 5.69 Å². The molecular weight excluding hydrogens is 344 g/mol. The first-order valence-electron chi connectivity index (χ1n) is 5.69. The number of aromatic nitrogens is 1. The molecule has 1 amide bonds. The van der Waals surface area contributed by atoms with Crippen molar-refractivity contribution < 1.29 is 14.7 Å². The van der Waals surface area contributed by atoms with Crippen molar-refractivity contribution in [3.63, 3.8) is 0 Å². The minimum Gasteiger partial charge on any atom is -0.544 e. The van der Waals surface area contributed by atoms with Crippen molar-refractivity contribution in [1.29, 1.82) is 0 Å². The Morgan fingerprint density at radius 1 is 1.35 bits per heavy atom. The second-order valence-corrected chi connectivity index (χ2v) is 6.04. The van der Waals surface area contributed by atoms with Gasteiger partial charge in [-0.25, -0.2) is 4.98 Å². The molecule has 0 saturated carbocycles. The maximum atomic E-state index is 11.8. The molecule has 0 fully saturated rings. The van der Waals surface area contributed by atoms with Crippen molar-refractivity contribution >= 4 is 44.8 Å². The zero-order chi connectivity index (χ0) is 14.7. The molecule has 5 nitrogen and oxygen atoms in total. The highest BCUT2D eigenvalue weighted by Gasteiger charge is 2.12. The van der Waals surface area contributed by atoms with Gasteiger partial charge in [0, 0.05) is 10.2 Å². The number of carboxylic acids is 1. The van der Waals surface area contributed by atoms with Crippen LogP contribution in [0.2, 0.25) is 0 Å². The third-order valence-electron chi connectivity index (χ3n) is 2.47. The van der Waals surface area contributed by atoms with Gasteiger partial charge in [-0.2, -0.15) is 0 Å². The molecule has 0 aliphatic rings. The molecule has 0 unspecified atom stereocenters. The molecule has 0 radical (unpaired) electrons. The molecule has 1 N–H and O–H groups in total.